The Morgan fingerprint density at radius 1 is 1.15 bits per heavy atom. The Morgan fingerprint density at radius 2 is 1.85 bits per heavy atom. The SMILES string of the molecule is Cc1ccc(C(N)c2ccc3c(c2)NC(=O)CO3)cc1. The Morgan fingerprint density at radius 3 is 2.60 bits per heavy atom. The first-order valence-electron chi connectivity index (χ1n) is 6.52. The number of carbonyl (C=O) groups excluding carboxylic acids is 1. The molecule has 0 spiro atoms. The van der Waals surface area contributed by atoms with E-state index in [1.54, 1.807) is 0 Å². The molecule has 3 N–H and O–H groups in total. The number of aryl methyl sites for hydroxylation is 1. The predicted octanol–water partition coefficient (Wildman–Crippen LogP) is 2.37. The van der Waals surface area contributed by atoms with Crippen molar-refractivity contribution in [2.75, 3.05) is 11.9 Å². The Labute approximate surface area is 117 Å². The number of ether oxygens (including phenoxy) is 1. The number of fused-ring (bicyclic) bond motifs is 1. The lowest BCUT2D eigenvalue weighted by molar-refractivity contribution is -0.118. The van der Waals surface area contributed by atoms with Crippen molar-refractivity contribution in [1.29, 1.82) is 0 Å². The molecule has 4 nitrogen and oxygen atoms in total. The first kappa shape index (κ1) is 12.7. The molecule has 0 saturated carbocycles. The highest BCUT2D eigenvalue weighted by atomic mass is 16.5. The molecule has 1 unspecified atom stereocenters. The fourth-order valence-corrected chi connectivity index (χ4v) is 2.26. The van der Waals surface area contributed by atoms with Crippen LogP contribution in [0, 0.1) is 6.92 Å². The zero-order valence-corrected chi connectivity index (χ0v) is 11.2. The van der Waals surface area contributed by atoms with Crippen molar-refractivity contribution < 1.29 is 9.53 Å². The quantitative estimate of drug-likeness (QED) is 0.879. The third-order valence-electron chi connectivity index (χ3n) is 3.43. The standard InChI is InChI=1S/C16H16N2O2/c1-10-2-4-11(5-3-10)16(17)12-6-7-14-13(8-12)18-15(19)9-20-14/h2-8,16H,9,17H2,1H3,(H,18,19). The highest BCUT2D eigenvalue weighted by Crippen LogP contribution is 2.31. The van der Waals surface area contributed by atoms with Gasteiger partial charge in [-0.05, 0) is 30.2 Å². The van der Waals surface area contributed by atoms with Gasteiger partial charge in [0.05, 0.1) is 11.7 Å². The highest BCUT2D eigenvalue weighted by Gasteiger charge is 2.18. The Bertz CT molecular complexity index is 650. The van der Waals surface area contributed by atoms with Crippen molar-refractivity contribution >= 4 is 11.6 Å². The van der Waals surface area contributed by atoms with E-state index in [-0.39, 0.29) is 18.6 Å². The minimum absolute atomic E-state index is 0.0658. The molecule has 0 aliphatic carbocycles. The fraction of sp³-hybridized carbons (Fsp3) is 0.188. The van der Waals surface area contributed by atoms with Gasteiger partial charge in [0.1, 0.15) is 5.75 Å². The largest absolute Gasteiger partial charge is 0.482 e. The second-order valence-corrected chi connectivity index (χ2v) is 4.98. The number of carbonyl (C=O) groups is 1. The number of nitrogens with two attached hydrogens (primary N) is 1. The van der Waals surface area contributed by atoms with Crippen LogP contribution in [0.5, 0.6) is 5.75 Å². The second-order valence-electron chi connectivity index (χ2n) is 4.98. The maximum Gasteiger partial charge on any atom is 0.262 e. The van der Waals surface area contributed by atoms with E-state index in [0.29, 0.717) is 11.4 Å². The molecule has 1 atom stereocenters. The number of hydrogen-bond donors (Lipinski definition) is 2. The molecule has 1 aliphatic heterocycles. The molecule has 2 aromatic carbocycles. The van der Waals surface area contributed by atoms with Gasteiger partial charge in [-0.15, -0.1) is 0 Å². The number of nitrogens with one attached hydrogen (secondary N) is 1. The van der Waals surface area contributed by atoms with Crippen LogP contribution >= 0.6 is 0 Å². The Kier molecular flexibility index (Phi) is 3.16. The average Bonchev–Trinajstić information content (AvgIpc) is 2.46. The number of anilines is 1. The lowest BCUT2D eigenvalue weighted by atomic mass is 9.98. The van der Waals surface area contributed by atoms with Crippen LogP contribution in [-0.2, 0) is 4.79 Å². The smallest absolute Gasteiger partial charge is 0.262 e. The molecule has 102 valence electrons. The van der Waals surface area contributed by atoms with Crippen molar-refractivity contribution in [3.05, 3.63) is 59.2 Å². The summed E-state index contributed by atoms with van der Waals surface area (Å²) in [6.07, 6.45) is 0. The molecular formula is C16H16N2O2. The highest BCUT2D eigenvalue weighted by molar-refractivity contribution is 5.95. The van der Waals surface area contributed by atoms with Gasteiger partial charge in [0, 0.05) is 0 Å². The van der Waals surface area contributed by atoms with Gasteiger partial charge in [-0.1, -0.05) is 35.9 Å². The summed E-state index contributed by atoms with van der Waals surface area (Å²) in [7, 11) is 0. The monoisotopic (exact) mass is 268 g/mol. The summed E-state index contributed by atoms with van der Waals surface area (Å²) in [5.74, 6) is 0.544. The minimum Gasteiger partial charge on any atom is -0.482 e. The predicted molar refractivity (Wildman–Crippen MR) is 77.8 cm³/mol. The number of hydrogen-bond acceptors (Lipinski definition) is 3. The van der Waals surface area contributed by atoms with E-state index in [1.165, 1.54) is 5.56 Å². The van der Waals surface area contributed by atoms with Crippen molar-refractivity contribution in [2.24, 2.45) is 5.73 Å². The maximum atomic E-state index is 11.3. The molecule has 1 amide bonds. The summed E-state index contributed by atoms with van der Waals surface area (Å²) in [4.78, 5) is 11.3. The topological polar surface area (TPSA) is 64.3 Å². The van der Waals surface area contributed by atoms with Gasteiger partial charge in [0.25, 0.3) is 5.91 Å². The maximum absolute atomic E-state index is 11.3. The van der Waals surface area contributed by atoms with Crippen LogP contribution in [0.2, 0.25) is 0 Å². The van der Waals surface area contributed by atoms with Crippen LogP contribution in [0.4, 0.5) is 5.69 Å². The van der Waals surface area contributed by atoms with Gasteiger partial charge in [-0.2, -0.15) is 0 Å². The number of rotatable bonds is 2. The first-order valence-corrected chi connectivity index (χ1v) is 6.52. The molecule has 0 saturated heterocycles. The molecule has 1 aliphatic rings. The molecule has 0 radical (unpaired) electrons. The van der Waals surface area contributed by atoms with Gasteiger partial charge in [0.2, 0.25) is 0 Å². The lowest BCUT2D eigenvalue weighted by Gasteiger charge is -2.20. The van der Waals surface area contributed by atoms with Crippen molar-refractivity contribution in [2.45, 2.75) is 13.0 Å². The van der Waals surface area contributed by atoms with Crippen molar-refractivity contribution in [3.63, 3.8) is 0 Å². The Hall–Kier alpha value is -2.33. The Balaban J connectivity index is 1.92. The second kappa shape index (κ2) is 4.98. The summed E-state index contributed by atoms with van der Waals surface area (Å²) in [6.45, 7) is 2.11. The van der Waals surface area contributed by atoms with Crippen LogP contribution in [0.15, 0.2) is 42.5 Å². The molecule has 2 aromatic rings. The van der Waals surface area contributed by atoms with E-state index in [0.717, 1.165) is 11.1 Å². The summed E-state index contributed by atoms with van der Waals surface area (Å²) < 4.78 is 5.34. The zero-order chi connectivity index (χ0) is 14.1. The van der Waals surface area contributed by atoms with E-state index < -0.39 is 0 Å². The van der Waals surface area contributed by atoms with E-state index >= 15 is 0 Å². The molecular weight excluding hydrogens is 252 g/mol. The molecule has 4 heteroatoms. The van der Waals surface area contributed by atoms with Crippen molar-refractivity contribution in [1.82, 2.24) is 0 Å². The first-order chi connectivity index (χ1) is 9.63. The van der Waals surface area contributed by atoms with Gasteiger partial charge in [-0.3, -0.25) is 4.79 Å². The average molecular weight is 268 g/mol. The van der Waals surface area contributed by atoms with E-state index in [1.807, 2.05) is 49.4 Å². The molecule has 3 rings (SSSR count). The van der Waals surface area contributed by atoms with Gasteiger partial charge in [0.15, 0.2) is 6.61 Å². The van der Waals surface area contributed by atoms with E-state index in [4.69, 9.17) is 10.5 Å². The summed E-state index contributed by atoms with van der Waals surface area (Å²) in [5.41, 5.74) is 10.1. The summed E-state index contributed by atoms with van der Waals surface area (Å²) in [5, 5.41) is 2.80. The number of benzene rings is 2. The number of amides is 1. The van der Waals surface area contributed by atoms with Gasteiger partial charge in [-0.25, -0.2) is 0 Å². The van der Waals surface area contributed by atoms with E-state index in [2.05, 4.69) is 5.32 Å². The molecule has 0 bridgehead atoms. The van der Waals surface area contributed by atoms with Gasteiger partial charge < -0.3 is 15.8 Å². The molecule has 0 aromatic heterocycles. The van der Waals surface area contributed by atoms with Crippen LogP contribution in [-0.4, -0.2) is 12.5 Å². The van der Waals surface area contributed by atoms with Crippen LogP contribution in [0.3, 0.4) is 0 Å². The third kappa shape index (κ3) is 2.38. The molecule has 0 fully saturated rings. The van der Waals surface area contributed by atoms with E-state index in [9.17, 15) is 4.79 Å². The van der Waals surface area contributed by atoms with Gasteiger partial charge >= 0.3 is 0 Å². The lowest BCUT2D eigenvalue weighted by Crippen LogP contribution is -2.25. The summed E-state index contributed by atoms with van der Waals surface area (Å²) in [6, 6.07) is 13.6. The van der Waals surface area contributed by atoms with Crippen LogP contribution < -0.4 is 15.8 Å². The van der Waals surface area contributed by atoms with Crippen LogP contribution in [0.25, 0.3) is 0 Å². The van der Waals surface area contributed by atoms with Crippen molar-refractivity contribution in [3.8, 4) is 5.75 Å². The molecule has 1 heterocycles. The summed E-state index contributed by atoms with van der Waals surface area (Å²) >= 11 is 0. The minimum atomic E-state index is -0.222. The fourth-order valence-electron chi connectivity index (χ4n) is 2.26. The third-order valence-corrected chi connectivity index (χ3v) is 3.43. The molecule has 20 heavy (non-hydrogen) atoms. The normalized spacial score (nSPS) is 15.0. The zero-order valence-electron chi connectivity index (χ0n) is 11.2. The van der Waals surface area contributed by atoms with Crippen LogP contribution in [0.1, 0.15) is 22.7 Å².